The van der Waals surface area contributed by atoms with Crippen LogP contribution in [0.4, 0.5) is 18.9 Å². The molecule has 1 fully saturated rings. The summed E-state index contributed by atoms with van der Waals surface area (Å²) in [5.41, 5.74) is 0.832. The first kappa shape index (κ1) is 21.0. The van der Waals surface area contributed by atoms with Gasteiger partial charge >= 0.3 is 6.18 Å². The first-order valence-electron chi connectivity index (χ1n) is 9.24. The van der Waals surface area contributed by atoms with Crippen LogP contribution in [0.15, 0.2) is 17.5 Å². The number of benzene rings is 1. The molecule has 0 saturated carbocycles. The molecule has 1 aromatic carbocycles. The van der Waals surface area contributed by atoms with E-state index in [1.54, 1.807) is 12.1 Å². The van der Waals surface area contributed by atoms with Gasteiger partial charge in [-0.05, 0) is 30.4 Å². The number of fused-ring (bicyclic) bond motifs is 1. The van der Waals surface area contributed by atoms with Crippen molar-refractivity contribution < 1.29 is 22.7 Å². The van der Waals surface area contributed by atoms with Gasteiger partial charge in [0.15, 0.2) is 10.7 Å². The van der Waals surface area contributed by atoms with Gasteiger partial charge < -0.3 is 14.6 Å². The maximum Gasteiger partial charge on any atom is 0.434 e. The van der Waals surface area contributed by atoms with Crippen LogP contribution in [0, 0.1) is 0 Å². The molecule has 30 heavy (non-hydrogen) atoms. The predicted molar refractivity (Wildman–Crippen MR) is 112 cm³/mol. The van der Waals surface area contributed by atoms with Gasteiger partial charge in [0.05, 0.1) is 23.8 Å². The van der Waals surface area contributed by atoms with Crippen LogP contribution in [0.1, 0.15) is 40.1 Å². The van der Waals surface area contributed by atoms with Gasteiger partial charge in [-0.25, -0.2) is 9.97 Å². The van der Waals surface area contributed by atoms with Gasteiger partial charge in [-0.3, -0.25) is 4.79 Å². The highest BCUT2D eigenvalue weighted by Gasteiger charge is 2.34. The van der Waals surface area contributed by atoms with Gasteiger partial charge in [-0.15, -0.1) is 11.3 Å². The number of thioether (sulfide) groups is 1. The number of hydrogen-bond acceptors (Lipinski definition) is 6. The number of nitrogens with one attached hydrogen (secondary N) is 1. The number of aryl methyl sites for hydroxylation is 1. The number of carbonyl (C=O) groups is 1. The quantitative estimate of drug-likeness (QED) is 0.604. The lowest BCUT2D eigenvalue weighted by Gasteiger charge is -2.20. The summed E-state index contributed by atoms with van der Waals surface area (Å²) in [5, 5.41) is 3.18. The summed E-state index contributed by atoms with van der Waals surface area (Å²) in [4.78, 5) is 20.7. The van der Waals surface area contributed by atoms with E-state index < -0.39 is 17.8 Å². The summed E-state index contributed by atoms with van der Waals surface area (Å²) < 4.78 is 45.7. The van der Waals surface area contributed by atoms with Crippen molar-refractivity contribution in [3.05, 3.63) is 34.0 Å². The van der Waals surface area contributed by atoms with Crippen LogP contribution < -0.4 is 10.1 Å². The fourth-order valence-corrected chi connectivity index (χ4v) is 5.33. The summed E-state index contributed by atoms with van der Waals surface area (Å²) >= 11 is 2.59. The average molecular weight is 457 g/mol. The number of anilines is 1. The molecular weight excluding hydrogens is 437 g/mol. The molecule has 1 aliphatic heterocycles. The minimum absolute atomic E-state index is 0.269. The standard InChI is InChI=1S/C19H19F3N4O2S2/c1-26-13-7-12(24-17(27)18-25-15(9-30-18)19(20,21)22)14(28-2)8-11(13)23-16(26)10-3-5-29-6-4-10/h7-10H,3-6H2,1-2H3,(H,24,27). The van der Waals surface area contributed by atoms with E-state index in [4.69, 9.17) is 9.72 Å². The number of carbonyl (C=O) groups excluding carboxylic acids is 1. The van der Waals surface area contributed by atoms with Crippen LogP contribution in [0.25, 0.3) is 11.0 Å². The van der Waals surface area contributed by atoms with Crippen LogP contribution in [0.2, 0.25) is 0 Å². The number of halogens is 3. The Morgan fingerprint density at radius 3 is 2.63 bits per heavy atom. The molecule has 2 aromatic heterocycles. The molecule has 1 aliphatic rings. The Morgan fingerprint density at radius 2 is 2.00 bits per heavy atom. The Balaban J connectivity index is 1.65. The van der Waals surface area contributed by atoms with Gasteiger partial charge in [0.1, 0.15) is 11.6 Å². The highest BCUT2D eigenvalue weighted by Crippen LogP contribution is 2.36. The summed E-state index contributed by atoms with van der Waals surface area (Å²) in [5.74, 6) is 3.24. The van der Waals surface area contributed by atoms with Crippen molar-refractivity contribution in [2.75, 3.05) is 23.9 Å². The van der Waals surface area contributed by atoms with Crippen molar-refractivity contribution in [2.45, 2.75) is 24.9 Å². The molecule has 0 unspecified atom stereocenters. The van der Waals surface area contributed by atoms with E-state index in [-0.39, 0.29) is 5.01 Å². The minimum Gasteiger partial charge on any atom is -0.494 e. The third-order valence-electron chi connectivity index (χ3n) is 5.06. The first-order valence-corrected chi connectivity index (χ1v) is 11.3. The number of nitrogens with zero attached hydrogens (tertiary/aromatic N) is 3. The normalized spacial score (nSPS) is 15.5. The Kier molecular flexibility index (Phi) is 5.67. The predicted octanol–water partition coefficient (Wildman–Crippen LogP) is 4.92. The molecule has 3 aromatic rings. The molecular formula is C19H19F3N4O2S2. The molecule has 1 amide bonds. The molecule has 0 radical (unpaired) electrons. The fraction of sp³-hybridized carbons (Fsp3) is 0.421. The third kappa shape index (κ3) is 4.00. The SMILES string of the molecule is COc1cc2nc(C3CCSCC3)n(C)c2cc1NC(=O)c1nc(C(F)(F)F)cs1. The van der Waals surface area contributed by atoms with Crippen LogP contribution in [0.3, 0.4) is 0 Å². The van der Waals surface area contributed by atoms with Crippen molar-refractivity contribution in [1.82, 2.24) is 14.5 Å². The van der Waals surface area contributed by atoms with Crippen LogP contribution >= 0.6 is 23.1 Å². The zero-order valence-corrected chi connectivity index (χ0v) is 17.9. The number of hydrogen-bond donors (Lipinski definition) is 1. The highest BCUT2D eigenvalue weighted by molar-refractivity contribution is 7.99. The van der Waals surface area contributed by atoms with Gasteiger partial charge in [0, 0.05) is 24.4 Å². The summed E-state index contributed by atoms with van der Waals surface area (Å²) in [6.45, 7) is 0. The zero-order valence-electron chi connectivity index (χ0n) is 16.2. The van der Waals surface area contributed by atoms with Crippen LogP contribution in [-0.2, 0) is 13.2 Å². The van der Waals surface area contributed by atoms with Crippen molar-refractivity contribution in [2.24, 2.45) is 7.05 Å². The van der Waals surface area contributed by atoms with Crippen molar-refractivity contribution in [3.8, 4) is 5.75 Å². The number of methoxy groups -OCH3 is 1. The summed E-state index contributed by atoms with van der Waals surface area (Å²) in [6.07, 6.45) is -2.46. The smallest absolute Gasteiger partial charge is 0.434 e. The van der Waals surface area contributed by atoms with Crippen LogP contribution in [0.5, 0.6) is 5.75 Å². The van der Waals surface area contributed by atoms with E-state index in [2.05, 4.69) is 10.3 Å². The molecule has 160 valence electrons. The lowest BCUT2D eigenvalue weighted by atomic mass is 10.0. The average Bonchev–Trinajstić information content (AvgIpc) is 3.34. The number of amides is 1. The Bertz CT molecular complexity index is 1090. The maximum atomic E-state index is 12.8. The van der Waals surface area contributed by atoms with Gasteiger partial charge in [-0.2, -0.15) is 24.9 Å². The maximum absolute atomic E-state index is 12.8. The zero-order chi connectivity index (χ0) is 21.5. The van der Waals surface area contributed by atoms with E-state index in [0.29, 0.717) is 28.7 Å². The van der Waals surface area contributed by atoms with Gasteiger partial charge in [0.2, 0.25) is 0 Å². The van der Waals surface area contributed by atoms with Crippen LogP contribution in [-0.4, -0.2) is 39.1 Å². The third-order valence-corrected chi connectivity index (χ3v) is 6.95. The van der Waals surface area contributed by atoms with E-state index in [1.165, 1.54) is 7.11 Å². The first-order chi connectivity index (χ1) is 14.3. The molecule has 3 heterocycles. The Morgan fingerprint density at radius 1 is 1.27 bits per heavy atom. The lowest BCUT2D eigenvalue weighted by Crippen LogP contribution is -2.14. The molecule has 0 spiro atoms. The second-order valence-corrected chi connectivity index (χ2v) is 9.03. The molecule has 0 bridgehead atoms. The number of rotatable bonds is 4. The fourth-order valence-electron chi connectivity index (χ4n) is 3.51. The minimum atomic E-state index is -4.59. The Hall–Kier alpha value is -2.27. The molecule has 1 N–H and O–H groups in total. The summed E-state index contributed by atoms with van der Waals surface area (Å²) in [7, 11) is 3.39. The number of thiazole rings is 1. The highest BCUT2D eigenvalue weighted by atomic mass is 32.2. The number of ether oxygens (including phenoxy) is 1. The van der Waals surface area contributed by atoms with E-state index in [0.717, 1.165) is 46.6 Å². The number of imidazole rings is 1. The van der Waals surface area contributed by atoms with Gasteiger partial charge in [-0.1, -0.05) is 0 Å². The monoisotopic (exact) mass is 456 g/mol. The van der Waals surface area contributed by atoms with Crippen molar-refractivity contribution in [1.29, 1.82) is 0 Å². The summed E-state index contributed by atoms with van der Waals surface area (Å²) in [6, 6.07) is 3.47. The van der Waals surface area contributed by atoms with E-state index in [9.17, 15) is 18.0 Å². The van der Waals surface area contributed by atoms with Crippen molar-refractivity contribution >= 4 is 45.7 Å². The molecule has 1 saturated heterocycles. The van der Waals surface area contributed by atoms with E-state index in [1.807, 2.05) is 23.4 Å². The second kappa shape index (κ2) is 8.10. The topological polar surface area (TPSA) is 69.0 Å². The molecule has 6 nitrogen and oxygen atoms in total. The molecule has 11 heteroatoms. The number of aromatic nitrogens is 3. The van der Waals surface area contributed by atoms with Gasteiger partial charge in [0.25, 0.3) is 5.91 Å². The van der Waals surface area contributed by atoms with E-state index >= 15 is 0 Å². The molecule has 4 rings (SSSR count). The largest absolute Gasteiger partial charge is 0.494 e. The molecule has 0 aliphatic carbocycles. The Labute approximate surface area is 178 Å². The second-order valence-electron chi connectivity index (χ2n) is 6.95. The lowest BCUT2D eigenvalue weighted by molar-refractivity contribution is -0.140. The molecule has 0 atom stereocenters. The van der Waals surface area contributed by atoms with Crippen molar-refractivity contribution in [3.63, 3.8) is 0 Å². The number of alkyl halides is 3.